The Balaban J connectivity index is 2.10. The van der Waals surface area contributed by atoms with Crippen molar-refractivity contribution in [1.82, 2.24) is 15.1 Å². The molecule has 2 heterocycles. The molecule has 1 aromatic rings. The predicted molar refractivity (Wildman–Crippen MR) is 66.6 cm³/mol. The van der Waals surface area contributed by atoms with Crippen molar-refractivity contribution in [3.8, 4) is 0 Å². The Morgan fingerprint density at radius 1 is 1.44 bits per heavy atom. The highest BCUT2D eigenvalue weighted by molar-refractivity contribution is 5.16. The average Bonchev–Trinajstić information content (AvgIpc) is 2.60. The van der Waals surface area contributed by atoms with Crippen molar-refractivity contribution >= 4 is 0 Å². The van der Waals surface area contributed by atoms with Crippen LogP contribution in [0.5, 0.6) is 0 Å². The number of hydrogen-bond donors (Lipinski definition) is 1. The lowest BCUT2D eigenvalue weighted by molar-refractivity contribution is 0.439. The van der Waals surface area contributed by atoms with Crippen molar-refractivity contribution in [3.63, 3.8) is 0 Å². The summed E-state index contributed by atoms with van der Waals surface area (Å²) in [6.07, 6.45) is 3.60. The van der Waals surface area contributed by atoms with Gasteiger partial charge < -0.3 is 5.32 Å². The lowest BCUT2D eigenvalue weighted by Gasteiger charge is -2.22. The number of nitrogens with zero attached hydrogens (tertiary/aromatic N) is 2. The third-order valence-corrected chi connectivity index (χ3v) is 3.34. The molecule has 1 aromatic heterocycles. The van der Waals surface area contributed by atoms with E-state index in [0.717, 1.165) is 19.5 Å². The van der Waals surface area contributed by atoms with E-state index >= 15 is 0 Å². The molecule has 0 amide bonds. The molecule has 16 heavy (non-hydrogen) atoms. The summed E-state index contributed by atoms with van der Waals surface area (Å²) >= 11 is 0. The number of aryl methyl sites for hydroxylation is 1. The molecule has 0 bridgehead atoms. The van der Waals surface area contributed by atoms with Crippen LogP contribution in [-0.2, 0) is 13.5 Å². The normalized spacial score (nSPS) is 18.2. The molecule has 0 radical (unpaired) electrons. The van der Waals surface area contributed by atoms with E-state index in [0.29, 0.717) is 11.8 Å². The van der Waals surface area contributed by atoms with E-state index in [1.54, 1.807) is 0 Å². The highest BCUT2D eigenvalue weighted by atomic mass is 15.3. The fourth-order valence-corrected chi connectivity index (χ4v) is 2.56. The molecule has 90 valence electrons. The van der Waals surface area contributed by atoms with Gasteiger partial charge in [-0.05, 0) is 44.3 Å². The second kappa shape index (κ2) is 5.00. The molecule has 0 unspecified atom stereocenters. The van der Waals surface area contributed by atoms with Gasteiger partial charge in [0.2, 0.25) is 0 Å². The summed E-state index contributed by atoms with van der Waals surface area (Å²) in [7, 11) is 2.08. The van der Waals surface area contributed by atoms with Crippen molar-refractivity contribution in [1.29, 1.82) is 0 Å². The minimum atomic E-state index is 0.691. The third-order valence-electron chi connectivity index (χ3n) is 3.34. The second-order valence-electron chi connectivity index (χ2n) is 5.31. The van der Waals surface area contributed by atoms with Crippen molar-refractivity contribution in [2.75, 3.05) is 13.1 Å². The predicted octanol–water partition coefficient (Wildman–Crippen LogP) is 2.09. The van der Waals surface area contributed by atoms with Crippen LogP contribution in [0.4, 0.5) is 0 Å². The molecule has 0 spiro atoms. The van der Waals surface area contributed by atoms with Crippen LogP contribution in [0, 0.1) is 5.92 Å². The molecule has 0 atom stereocenters. The summed E-state index contributed by atoms with van der Waals surface area (Å²) in [5.74, 6) is 1.40. The number of aromatic nitrogens is 2. The largest absolute Gasteiger partial charge is 0.317 e. The number of rotatable bonds is 3. The zero-order chi connectivity index (χ0) is 11.5. The third kappa shape index (κ3) is 2.64. The van der Waals surface area contributed by atoms with Gasteiger partial charge >= 0.3 is 0 Å². The van der Waals surface area contributed by atoms with Gasteiger partial charge in [0.25, 0.3) is 0 Å². The molecule has 1 aliphatic rings. The SMILES string of the molecule is CC(C)Cc1cc(C2CCNCC2)n(C)n1. The highest BCUT2D eigenvalue weighted by Gasteiger charge is 2.19. The van der Waals surface area contributed by atoms with Gasteiger partial charge in [-0.1, -0.05) is 13.8 Å². The number of nitrogens with one attached hydrogen (secondary N) is 1. The van der Waals surface area contributed by atoms with Gasteiger partial charge in [-0.2, -0.15) is 5.10 Å². The van der Waals surface area contributed by atoms with Crippen molar-refractivity contribution in [2.24, 2.45) is 13.0 Å². The quantitative estimate of drug-likeness (QED) is 0.847. The molecule has 0 aromatic carbocycles. The zero-order valence-corrected chi connectivity index (χ0v) is 10.7. The van der Waals surface area contributed by atoms with Gasteiger partial charge in [-0.3, -0.25) is 4.68 Å². The lowest BCUT2D eigenvalue weighted by Crippen LogP contribution is -2.27. The maximum absolute atomic E-state index is 4.62. The molecule has 1 N–H and O–H groups in total. The number of hydrogen-bond acceptors (Lipinski definition) is 2. The van der Waals surface area contributed by atoms with E-state index in [-0.39, 0.29) is 0 Å². The van der Waals surface area contributed by atoms with E-state index < -0.39 is 0 Å². The smallest absolute Gasteiger partial charge is 0.0630 e. The lowest BCUT2D eigenvalue weighted by atomic mass is 9.94. The van der Waals surface area contributed by atoms with E-state index in [9.17, 15) is 0 Å². The van der Waals surface area contributed by atoms with E-state index in [1.807, 2.05) is 0 Å². The van der Waals surface area contributed by atoms with Crippen LogP contribution >= 0.6 is 0 Å². The summed E-state index contributed by atoms with van der Waals surface area (Å²) in [4.78, 5) is 0. The molecule has 1 saturated heterocycles. The zero-order valence-electron chi connectivity index (χ0n) is 10.7. The first kappa shape index (κ1) is 11.6. The Morgan fingerprint density at radius 2 is 2.12 bits per heavy atom. The Kier molecular flexibility index (Phi) is 3.64. The van der Waals surface area contributed by atoms with Crippen LogP contribution in [0.1, 0.15) is 44.0 Å². The maximum Gasteiger partial charge on any atom is 0.0630 e. The molecule has 2 rings (SSSR count). The van der Waals surface area contributed by atoms with Crippen molar-refractivity contribution in [2.45, 2.75) is 39.0 Å². The Bertz CT molecular complexity index is 335. The topological polar surface area (TPSA) is 29.9 Å². The Labute approximate surface area is 98.2 Å². The monoisotopic (exact) mass is 221 g/mol. The van der Waals surface area contributed by atoms with Gasteiger partial charge in [-0.25, -0.2) is 0 Å². The van der Waals surface area contributed by atoms with Gasteiger partial charge in [0.05, 0.1) is 5.69 Å². The summed E-state index contributed by atoms with van der Waals surface area (Å²) in [5.41, 5.74) is 2.68. The Morgan fingerprint density at radius 3 is 2.75 bits per heavy atom. The summed E-state index contributed by atoms with van der Waals surface area (Å²) in [6, 6.07) is 2.32. The molecule has 3 heteroatoms. The first-order valence-electron chi connectivity index (χ1n) is 6.40. The average molecular weight is 221 g/mol. The summed E-state index contributed by atoms with van der Waals surface area (Å²) < 4.78 is 2.09. The molecule has 0 aliphatic carbocycles. The van der Waals surface area contributed by atoms with E-state index in [2.05, 4.69) is 42.1 Å². The molecule has 1 fully saturated rings. The van der Waals surface area contributed by atoms with Crippen LogP contribution in [0.15, 0.2) is 6.07 Å². The van der Waals surface area contributed by atoms with Crippen molar-refractivity contribution in [3.05, 3.63) is 17.5 Å². The molecular weight excluding hydrogens is 198 g/mol. The van der Waals surface area contributed by atoms with Crippen LogP contribution in [0.25, 0.3) is 0 Å². The van der Waals surface area contributed by atoms with E-state index in [4.69, 9.17) is 0 Å². The van der Waals surface area contributed by atoms with Crippen LogP contribution in [-0.4, -0.2) is 22.9 Å². The number of piperidine rings is 1. The van der Waals surface area contributed by atoms with Crippen LogP contribution < -0.4 is 5.32 Å². The standard InChI is InChI=1S/C13H23N3/c1-10(2)8-12-9-13(16(3)15-12)11-4-6-14-7-5-11/h9-11,14H,4-8H2,1-3H3. The van der Waals surface area contributed by atoms with E-state index in [1.165, 1.54) is 24.2 Å². The summed E-state index contributed by atoms with van der Waals surface area (Å²) in [6.45, 7) is 6.79. The van der Waals surface area contributed by atoms with Gasteiger partial charge in [0.1, 0.15) is 0 Å². The molecular formula is C13H23N3. The minimum Gasteiger partial charge on any atom is -0.317 e. The fraction of sp³-hybridized carbons (Fsp3) is 0.769. The molecule has 0 saturated carbocycles. The first-order valence-corrected chi connectivity index (χ1v) is 6.40. The fourth-order valence-electron chi connectivity index (χ4n) is 2.56. The van der Waals surface area contributed by atoms with Crippen molar-refractivity contribution < 1.29 is 0 Å². The van der Waals surface area contributed by atoms with Gasteiger partial charge in [0, 0.05) is 18.7 Å². The molecule has 1 aliphatic heterocycles. The Hall–Kier alpha value is -0.830. The van der Waals surface area contributed by atoms with Gasteiger partial charge in [-0.15, -0.1) is 0 Å². The maximum atomic E-state index is 4.62. The molecule has 3 nitrogen and oxygen atoms in total. The summed E-state index contributed by atoms with van der Waals surface area (Å²) in [5, 5.41) is 8.04. The van der Waals surface area contributed by atoms with Crippen LogP contribution in [0.3, 0.4) is 0 Å². The highest BCUT2D eigenvalue weighted by Crippen LogP contribution is 2.25. The first-order chi connectivity index (χ1) is 7.66. The second-order valence-corrected chi connectivity index (χ2v) is 5.31. The van der Waals surface area contributed by atoms with Crippen LogP contribution in [0.2, 0.25) is 0 Å². The van der Waals surface area contributed by atoms with Gasteiger partial charge in [0.15, 0.2) is 0 Å². The minimum absolute atomic E-state index is 0.691.